The molecule has 4 N–H and O–H groups in total. The number of alkyl halides is 2. The second-order valence-electron chi connectivity index (χ2n) is 9.77. The Labute approximate surface area is 188 Å². The minimum atomic E-state index is -3.79. The molecule has 0 atom stereocenters. The number of carbonyl (C=O) groups excluding carboxylic acids is 3. The largest absolute Gasteiger partial charge is 0.586 e. The van der Waals surface area contributed by atoms with Gasteiger partial charge in [0.2, 0.25) is 5.91 Å². The second-order valence-corrected chi connectivity index (χ2v) is 9.77. The third-order valence-electron chi connectivity index (χ3n) is 5.89. The SMILES string of the molecule is CC(C)(C)OC(=O)NC12CC(N(Cc3cccc4c3OC(F)(F)O4)C(=O)CNC(N)=O)(C1)C2. The van der Waals surface area contributed by atoms with Crippen LogP contribution < -0.4 is 25.8 Å². The standard InChI is InChI=1S/C21H26F2N4O6/c1-18(2,3)33-17(30)26-19-9-20(10-19,11-19)27(14(28)7-25-16(24)29)8-12-5-4-6-13-15(12)32-21(22,23)31-13/h4-6H,7-11H2,1-3H3,(H,26,30)(H3,24,25,29). The smallest absolute Gasteiger partial charge is 0.444 e. The molecular formula is C21H26F2N4O6. The molecule has 0 unspecified atom stereocenters. The number of halogens is 2. The molecule has 1 aliphatic heterocycles. The van der Waals surface area contributed by atoms with E-state index in [0.29, 0.717) is 24.8 Å². The first kappa shape index (κ1) is 22.9. The molecule has 12 heteroatoms. The normalized spacial score (nSPS) is 25.8. The maximum Gasteiger partial charge on any atom is 0.586 e. The lowest BCUT2D eigenvalue weighted by molar-refractivity contribution is -0.287. The number of benzene rings is 1. The zero-order valence-corrected chi connectivity index (χ0v) is 18.5. The van der Waals surface area contributed by atoms with Crippen LogP contribution in [-0.2, 0) is 16.1 Å². The van der Waals surface area contributed by atoms with Crippen molar-refractivity contribution < 1.29 is 37.4 Å². The lowest BCUT2D eigenvalue weighted by Crippen LogP contribution is -2.84. The summed E-state index contributed by atoms with van der Waals surface area (Å²) >= 11 is 0. The second kappa shape index (κ2) is 7.35. The molecule has 3 saturated carbocycles. The summed E-state index contributed by atoms with van der Waals surface area (Å²) in [7, 11) is 0. The summed E-state index contributed by atoms with van der Waals surface area (Å²) in [4.78, 5) is 37.8. The topological polar surface area (TPSA) is 132 Å². The number of nitrogens with two attached hydrogens (primary N) is 1. The number of hydrogen-bond acceptors (Lipinski definition) is 6. The number of primary amides is 1. The number of fused-ring (bicyclic) bond motifs is 1. The Morgan fingerprint density at radius 3 is 2.45 bits per heavy atom. The van der Waals surface area contributed by atoms with Gasteiger partial charge in [0.15, 0.2) is 11.5 Å². The van der Waals surface area contributed by atoms with Crippen molar-refractivity contribution in [3.05, 3.63) is 23.8 Å². The minimum absolute atomic E-state index is 0.0512. The molecule has 0 aromatic heterocycles. The molecular weight excluding hydrogens is 442 g/mol. The summed E-state index contributed by atoms with van der Waals surface area (Å²) < 4.78 is 41.6. The summed E-state index contributed by atoms with van der Waals surface area (Å²) in [6.07, 6.45) is -2.95. The van der Waals surface area contributed by atoms with Gasteiger partial charge in [0.05, 0.1) is 24.2 Å². The fourth-order valence-corrected chi connectivity index (χ4v) is 4.77. The van der Waals surface area contributed by atoms with E-state index < -0.39 is 41.0 Å². The number of amides is 4. The summed E-state index contributed by atoms with van der Waals surface area (Å²) in [5.74, 6) is -0.709. The number of rotatable bonds is 6. The van der Waals surface area contributed by atoms with Crippen molar-refractivity contribution in [1.29, 1.82) is 0 Å². The number of urea groups is 1. The van der Waals surface area contributed by atoms with E-state index in [0.717, 1.165) is 0 Å². The molecule has 2 bridgehead atoms. The first-order chi connectivity index (χ1) is 15.2. The molecule has 1 heterocycles. The van der Waals surface area contributed by atoms with E-state index in [2.05, 4.69) is 20.1 Å². The molecule has 4 aliphatic rings. The monoisotopic (exact) mass is 468 g/mol. The van der Waals surface area contributed by atoms with Gasteiger partial charge in [-0.2, -0.15) is 0 Å². The van der Waals surface area contributed by atoms with E-state index in [1.54, 1.807) is 26.8 Å². The Morgan fingerprint density at radius 2 is 1.85 bits per heavy atom. The highest BCUT2D eigenvalue weighted by atomic mass is 19.3. The molecule has 1 aromatic carbocycles. The van der Waals surface area contributed by atoms with Crippen LogP contribution in [0.15, 0.2) is 18.2 Å². The number of alkyl carbamates (subject to hydrolysis) is 1. The summed E-state index contributed by atoms with van der Waals surface area (Å²) in [5.41, 5.74) is 3.67. The van der Waals surface area contributed by atoms with E-state index in [1.165, 1.54) is 17.0 Å². The summed E-state index contributed by atoms with van der Waals surface area (Å²) in [6, 6.07) is 3.57. The Hall–Kier alpha value is -3.31. The van der Waals surface area contributed by atoms with Crippen LogP contribution in [0.5, 0.6) is 11.5 Å². The Kier molecular flexibility index (Phi) is 5.10. The van der Waals surface area contributed by atoms with E-state index in [4.69, 9.17) is 10.5 Å². The van der Waals surface area contributed by atoms with Gasteiger partial charge < -0.3 is 35.5 Å². The van der Waals surface area contributed by atoms with E-state index in [9.17, 15) is 23.2 Å². The molecule has 5 rings (SSSR count). The predicted molar refractivity (Wildman–Crippen MR) is 109 cm³/mol. The van der Waals surface area contributed by atoms with Crippen LogP contribution >= 0.6 is 0 Å². The van der Waals surface area contributed by atoms with Crippen molar-refractivity contribution in [2.24, 2.45) is 5.73 Å². The first-order valence-corrected chi connectivity index (χ1v) is 10.4. The zero-order chi connectivity index (χ0) is 24.2. The molecule has 0 spiro atoms. The first-order valence-electron chi connectivity index (χ1n) is 10.4. The van der Waals surface area contributed by atoms with Gasteiger partial charge in [-0.15, -0.1) is 8.78 Å². The Bertz CT molecular complexity index is 989. The van der Waals surface area contributed by atoms with Gasteiger partial charge in [-0.25, -0.2) is 9.59 Å². The molecule has 3 aliphatic carbocycles. The maximum atomic E-state index is 13.6. The highest BCUT2D eigenvalue weighted by molar-refractivity contribution is 5.84. The number of nitrogens with zero attached hydrogens (tertiary/aromatic N) is 1. The molecule has 0 saturated heterocycles. The number of nitrogens with one attached hydrogen (secondary N) is 2. The molecule has 3 fully saturated rings. The average molecular weight is 468 g/mol. The van der Waals surface area contributed by atoms with Crippen molar-refractivity contribution >= 4 is 18.0 Å². The number of hydrogen-bond donors (Lipinski definition) is 3. The van der Waals surface area contributed by atoms with Gasteiger partial charge in [0, 0.05) is 5.56 Å². The van der Waals surface area contributed by atoms with Crippen molar-refractivity contribution in [2.45, 2.75) is 69.6 Å². The van der Waals surface area contributed by atoms with Gasteiger partial charge in [0.25, 0.3) is 0 Å². The van der Waals surface area contributed by atoms with Gasteiger partial charge >= 0.3 is 18.4 Å². The van der Waals surface area contributed by atoms with Crippen molar-refractivity contribution in [3.8, 4) is 11.5 Å². The van der Waals surface area contributed by atoms with Gasteiger partial charge in [-0.05, 0) is 46.1 Å². The average Bonchev–Trinajstić information content (AvgIpc) is 2.93. The quantitative estimate of drug-likeness (QED) is 0.587. The van der Waals surface area contributed by atoms with E-state index in [-0.39, 0.29) is 24.6 Å². The van der Waals surface area contributed by atoms with Crippen molar-refractivity contribution in [1.82, 2.24) is 15.5 Å². The highest BCUT2D eigenvalue weighted by Gasteiger charge is 2.72. The molecule has 0 radical (unpaired) electrons. The lowest BCUT2D eigenvalue weighted by atomic mass is 9.43. The minimum Gasteiger partial charge on any atom is -0.444 e. The fraction of sp³-hybridized carbons (Fsp3) is 0.571. The maximum absolute atomic E-state index is 13.6. The zero-order valence-electron chi connectivity index (χ0n) is 18.5. The third kappa shape index (κ3) is 4.46. The van der Waals surface area contributed by atoms with E-state index in [1.807, 2.05) is 0 Å². The molecule has 4 amide bonds. The summed E-state index contributed by atoms with van der Waals surface area (Å²) in [5, 5.41) is 5.13. The number of ether oxygens (including phenoxy) is 3. The number of para-hydroxylation sites is 1. The predicted octanol–water partition coefficient (Wildman–Crippen LogP) is 2.20. The van der Waals surface area contributed by atoms with Crippen LogP contribution in [0.3, 0.4) is 0 Å². The lowest BCUT2D eigenvalue weighted by Gasteiger charge is -2.73. The van der Waals surface area contributed by atoms with Crippen LogP contribution in [-0.4, -0.2) is 52.4 Å². The van der Waals surface area contributed by atoms with Crippen LogP contribution in [0.1, 0.15) is 45.6 Å². The Balaban J connectivity index is 1.50. The molecule has 10 nitrogen and oxygen atoms in total. The van der Waals surface area contributed by atoms with Crippen LogP contribution in [0.4, 0.5) is 18.4 Å². The van der Waals surface area contributed by atoms with Crippen LogP contribution in [0, 0.1) is 0 Å². The van der Waals surface area contributed by atoms with Crippen molar-refractivity contribution in [2.75, 3.05) is 6.54 Å². The molecule has 180 valence electrons. The van der Waals surface area contributed by atoms with E-state index >= 15 is 0 Å². The molecule has 33 heavy (non-hydrogen) atoms. The van der Waals surface area contributed by atoms with Gasteiger partial charge in [-0.1, -0.05) is 12.1 Å². The van der Waals surface area contributed by atoms with Crippen LogP contribution in [0.2, 0.25) is 0 Å². The van der Waals surface area contributed by atoms with Crippen molar-refractivity contribution in [3.63, 3.8) is 0 Å². The van der Waals surface area contributed by atoms with Crippen LogP contribution in [0.25, 0.3) is 0 Å². The fourth-order valence-electron chi connectivity index (χ4n) is 4.77. The Morgan fingerprint density at radius 1 is 1.18 bits per heavy atom. The van der Waals surface area contributed by atoms with Gasteiger partial charge in [0.1, 0.15) is 5.60 Å². The molecule has 1 aromatic rings. The van der Waals surface area contributed by atoms with Gasteiger partial charge in [-0.3, -0.25) is 4.79 Å². The summed E-state index contributed by atoms with van der Waals surface area (Å²) in [6.45, 7) is 4.87. The highest BCUT2D eigenvalue weighted by Crippen LogP contribution is 2.64. The number of carbonyl (C=O) groups is 3. The third-order valence-corrected chi connectivity index (χ3v) is 5.89.